The quantitative estimate of drug-likeness (QED) is 0.856. The molecule has 2 rings (SSSR count). The predicted octanol–water partition coefficient (Wildman–Crippen LogP) is 4.08. The Morgan fingerprint density at radius 1 is 1.06 bits per heavy atom. The summed E-state index contributed by atoms with van der Waals surface area (Å²) in [6.45, 7) is 4.07. The van der Waals surface area contributed by atoms with Crippen molar-refractivity contribution in [2.75, 3.05) is 7.05 Å². The molecule has 1 N–H and O–H groups in total. The summed E-state index contributed by atoms with van der Waals surface area (Å²) in [6, 6.07) is 13.5. The Morgan fingerprint density at radius 3 is 2.44 bits per heavy atom. The van der Waals surface area contributed by atoms with Gasteiger partial charge in [-0.3, -0.25) is 0 Å². The van der Waals surface area contributed by atoms with E-state index in [-0.39, 0.29) is 11.9 Å². The number of halogens is 1. The highest BCUT2D eigenvalue weighted by Gasteiger charge is 2.11. The number of hydrogen-bond acceptors (Lipinski definition) is 1. The molecule has 0 heterocycles. The van der Waals surface area contributed by atoms with Gasteiger partial charge < -0.3 is 5.32 Å². The van der Waals surface area contributed by atoms with Gasteiger partial charge in [-0.2, -0.15) is 0 Å². The molecule has 1 atom stereocenters. The molecular formula is C16H18FN. The number of nitrogens with one attached hydrogen (secondary N) is 1. The van der Waals surface area contributed by atoms with Crippen LogP contribution in [0.2, 0.25) is 0 Å². The van der Waals surface area contributed by atoms with Crippen LogP contribution in [0.15, 0.2) is 42.5 Å². The summed E-state index contributed by atoms with van der Waals surface area (Å²) < 4.78 is 13.2. The lowest BCUT2D eigenvalue weighted by Crippen LogP contribution is -2.13. The standard InChI is InChI=1S/C16H18FN/c1-11-10-13(17)8-9-14(11)16-7-5-4-6-15(16)12(2)18-3/h4-10,12,18H,1-3H3. The largest absolute Gasteiger partial charge is 0.313 e. The molecule has 0 aromatic heterocycles. The van der Waals surface area contributed by atoms with E-state index in [4.69, 9.17) is 0 Å². The first-order valence-electron chi connectivity index (χ1n) is 6.16. The summed E-state index contributed by atoms with van der Waals surface area (Å²) in [5, 5.41) is 3.25. The zero-order valence-corrected chi connectivity index (χ0v) is 11.0. The Hall–Kier alpha value is -1.67. The van der Waals surface area contributed by atoms with Crippen LogP contribution in [0, 0.1) is 12.7 Å². The first-order chi connectivity index (χ1) is 8.63. The molecule has 0 saturated carbocycles. The van der Waals surface area contributed by atoms with Crippen LogP contribution < -0.4 is 5.32 Å². The fourth-order valence-electron chi connectivity index (χ4n) is 2.20. The minimum atomic E-state index is -0.185. The van der Waals surface area contributed by atoms with Gasteiger partial charge in [0.05, 0.1) is 0 Å². The number of rotatable bonds is 3. The maximum atomic E-state index is 13.2. The van der Waals surface area contributed by atoms with Crippen LogP contribution in [-0.4, -0.2) is 7.05 Å². The van der Waals surface area contributed by atoms with Gasteiger partial charge in [0.15, 0.2) is 0 Å². The van der Waals surface area contributed by atoms with Crippen LogP contribution in [0.25, 0.3) is 11.1 Å². The van der Waals surface area contributed by atoms with E-state index in [0.717, 1.165) is 16.7 Å². The maximum Gasteiger partial charge on any atom is 0.123 e. The first-order valence-corrected chi connectivity index (χ1v) is 6.16. The van der Waals surface area contributed by atoms with Gasteiger partial charge in [0.1, 0.15) is 5.82 Å². The Balaban J connectivity index is 2.56. The lowest BCUT2D eigenvalue weighted by molar-refractivity contribution is 0.626. The van der Waals surface area contributed by atoms with Gasteiger partial charge in [-0.05, 0) is 55.3 Å². The van der Waals surface area contributed by atoms with E-state index in [0.29, 0.717) is 0 Å². The Kier molecular flexibility index (Phi) is 3.78. The Morgan fingerprint density at radius 2 is 1.78 bits per heavy atom. The molecule has 0 radical (unpaired) electrons. The van der Waals surface area contributed by atoms with Crippen molar-refractivity contribution in [2.45, 2.75) is 19.9 Å². The van der Waals surface area contributed by atoms with Gasteiger partial charge in [0, 0.05) is 6.04 Å². The molecule has 0 aliphatic carbocycles. The molecule has 0 amide bonds. The Labute approximate surface area is 108 Å². The van der Waals surface area contributed by atoms with Crippen LogP contribution in [0.5, 0.6) is 0 Å². The van der Waals surface area contributed by atoms with Crippen LogP contribution in [-0.2, 0) is 0 Å². The smallest absolute Gasteiger partial charge is 0.123 e. The van der Waals surface area contributed by atoms with Crippen molar-refractivity contribution in [2.24, 2.45) is 0 Å². The predicted molar refractivity (Wildman–Crippen MR) is 74.0 cm³/mol. The highest BCUT2D eigenvalue weighted by atomic mass is 19.1. The summed E-state index contributed by atoms with van der Waals surface area (Å²) in [5.74, 6) is -0.185. The summed E-state index contributed by atoms with van der Waals surface area (Å²) in [7, 11) is 1.94. The van der Waals surface area contributed by atoms with E-state index < -0.39 is 0 Å². The van der Waals surface area contributed by atoms with E-state index in [9.17, 15) is 4.39 Å². The fraction of sp³-hybridized carbons (Fsp3) is 0.250. The number of aryl methyl sites for hydroxylation is 1. The molecule has 2 aromatic rings. The van der Waals surface area contributed by atoms with Crippen LogP contribution in [0.1, 0.15) is 24.1 Å². The van der Waals surface area contributed by atoms with Gasteiger partial charge in [0.2, 0.25) is 0 Å². The van der Waals surface area contributed by atoms with Gasteiger partial charge in [-0.25, -0.2) is 4.39 Å². The van der Waals surface area contributed by atoms with Crippen molar-refractivity contribution in [1.82, 2.24) is 5.32 Å². The van der Waals surface area contributed by atoms with E-state index in [2.05, 4.69) is 24.4 Å². The normalized spacial score (nSPS) is 12.4. The minimum Gasteiger partial charge on any atom is -0.313 e. The molecule has 0 aliphatic heterocycles. The molecule has 0 aliphatic rings. The molecule has 18 heavy (non-hydrogen) atoms. The van der Waals surface area contributed by atoms with Crippen LogP contribution >= 0.6 is 0 Å². The van der Waals surface area contributed by atoms with Crippen molar-refractivity contribution in [3.63, 3.8) is 0 Å². The van der Waals surface area contributed by atoms with Crippen molar-refractivity contribution in [3.8, 4) is 11.1 Å². The molecule has 0 saturated heterocycles. The second-order valence-corrected chi connectivity index (χ2v) is 4.56. The summed E-state index contributed by atoms with van der Waals surface area (Å²) in [4.78, 5) is 0. The average Bonchev–Trinajstić information content (AvgIpc) is 2.38. The highest BCUT2D eigenvalue weighted by molar-refractivity contribution is 5.71. The lowest BCUT2D eigenvalue weighted by Gasteiger charge is -2.17. The SMILES string of the molecule is CNC(C)c1ccccc1-c1ccc(F)cc1C. The van der Waals surface area contributed by atoms with Gasteiger partial charge >= 0.3 is 0 Å². The molecule has 1 nitrogen and oxygen atoms in total. The highest BCUT2D eigenvalue weighted by Crippen LogP contribution is 2.30. The molecular weight excluding hydrogens is 225 g/mol. The molecule has 0 spiro atoms. The van der Waals surface area contributed by atoms with Crippen molar-refractivity contribution in [1.29, 1.82) is 0 Å². The molecule has 1 unspecified atom stereocenters. The average molecular weight is 243 g/mol. The topological polar surface area (TPSA) is 12.0 Å². The van der Waals surface area contributed by atoms with Crippen molar-refractivity contribution < 1.29 is 4.39 Å². The third-order valence-corrected chi connectivity index (χ3v) is 3.34. The zero-order chi connectivity index (χ0) is 13.1. The molecule has 94 valence electrons. The van der Waals surface area contributed by atoms with E-state index in [1.807, 2.05) is 32.2 Å². The van der Waals surface area contributed by atoms with E-state index >= 15 is 0 Å². The summed E-state index contributed by atoms with van der Waals surface area (Å²) in [6.07, 6.45) is 0. The van der Waals surface area contributed by atoms with Gasteiger partial charge in [0.25, 0.3) is 0 Å². The van der Waals surface area contributed by atoms with Gasteiger partial charge in [-0.15, -0.1) is 0 Å². The molecule has 2 aromatic carbocycles. The van der Waals surface area contributed by atoms with Gasteiger partial charge in [-0.1, -0.05) is 30.3 Å². The molecule has 0 bridgehead atoms. The third-order valence-electron chi connectivity index (χ3n) is 3.34. The summed E-state index contributed by atoms with van der Waals surface area (Å²) in [5.41, 5.74) is 4.45. The zero-order valence-electron chi connectivity index (χ0n) is 11.0. The van der Waals surface area contributed by atoms with E-state index in [1.165, 1.54) is 11.6 Å². The van der Waals surface area contributed by atoms with Crippen molar-refractivity contribution >= 4 is 0 Å². The second kappa shape index (κ2) is 5.32. The van der Waals surface area contributed by atoms with E-state index in [1.54, 1.807) is 6.07 Å². The van der Waals surface area contributed by atoms with Crippen molar-refractivity contribution in [3.05, 3.63) is 59.4 Å². The monoisotopic (exact) mass is 243 g/mol. The summed E-state index contributed by atoms with van der Waals surface area (Å²) >= 11 is 0. The maximum absolute atomic E-state index is 13.2. The second-order valence-electron chi connectivity index (χ2n) is 4.56. The minimum absolute atomic E-state index is 0.185. The van der Waals surface area contributed by atoms with Crippen LogP contribution in [0.4, 0.5) is 4.39 Å². The third kappa shape index (κ3) is 2.44. The molecule has 0 fully saturated rings. The lowest BCUT2D eigenvalue weighted by atomic mass is 9.93. The molecule has 2 heteroatoms. The number of hydrogen-bond donors (Lipinski definition) is 1. The Bertz CT molecular complexity index is 549. The fourth-order valence-corrected chi connectivity index (χ4v) is 2.20. The number of benzene rings is 2. The first kappa shape index (κ1) is 12.8. The van der Waals surface area contributed by atoms with Crippen LogP contribution in [0.3, 0.4) is 0 Å².